The number of piperidine rings is 1. The molecule has 0 amide bonds. The van der Waals surface area contributed by atoms with Crippen LogP contribution in [-0.2, 0) is 11.8 Å². The van der Waals surface area contributed by atoms with Crippen molar-refractivity contribution < 1.29 is 4.74 Å². The SMILES string of the molecule is CCOc1cccc2c1C[C@H]1NCC[C@@]23CCCC[C@@H]13. The van der Waals surface area contributed by atoms with Crippen molar-refractivity contribution in [3.8, 4) is 5.75 Å². The maximum atomic E-state index is 5.92. The molecule has 3 atom stereocenters. The van der Waals surface area contributed by atoms with E-state index < -0.39 is 0 Å². The van der Waals surface area contributed by atoms with Gasteiger partial charge in [-0.3, -0.25) is 0 Å². The van der Waals surface area contributed by atoms with Gasteiger partial charge in [-0.1, -0.05) is 25.0 Å². The van der Waals surface area contributed by atoms with Gasteiger partial charge in [-0.25, -0.2) is 0 Å². The molecule has 1 aromatic carbocycles. The van der Waals surface area contributed by atoms with Crippen molar-refractivity contribution >= 4 is 0 Å². The maximum absolute atomic E-state index is 5.92. The van der Waals surface area contributed by atoms with Gasteiger partial charge in [0.2, 0.25) is 0 Å². The molecule has 2 aliphatic carbocycles. The van der Waals surface area contributed by atoms with Crippen LogP contribution in [-0.4, -0.2) is 19.2 Å². The summed E-state index contributed by atoms with van der Waals surface area (Å²) in [5, 5.41) is 3.80. The average molecular weight is 271 g/mol. The summed E-state index contributed by atoms with van der Waals surface area (Å²) in [6.45, 7) is 4.05. The van der Waals surface area contributed by atoms with Gasteiger partial charge < -0.3 is 10.1 Å². The lowest BCUT2D eigenvalue weighted by atomic mass is 9.53. The summed E-state index contributed by atoms with van der Waals surface area (Å²) in [5.74, 6) is 2.00. The minimum atomic E-state index is 0.453. The third kappa shape index (κ3) is 1.67. The lowest BCUT2D eigenvalue weighted by Crippen LogP contribution is -2.59. The smallest absolute Gasteiger partial charge is 0.122 e. The molecule has 1 aliphatic heterocycles. The second-order valence-corrected chi connectivity index (χ2v) is 6.74. The second-order valence-electron chi connectivity index (χ2n) is 6.74. The van der Waals surface area contributed by atoms with E-state index in [9.17, 15) is 0 Å². The molecule has 2 bridgehead atoms. The number of nitrogens with one attached hydrogen (secondary N) is 1. The van der Waals surface area contributed by atoms with E-state index in [4.69, 9.17) is 4.74 Å². The van der Waals surface area contributed by atoms with E-state index in [1.54, 1.807) is 5.56 Å². The third-order valence-corrected chi connectivity index (χ3v) is 5.95. The van der Waals surface area contributed by atoms with Crippen LogP contribution in [0.5, 0.6) is 5.75 Å². The molecule has 108 valence electrons. The summed E-state index contributed by atoms with van der Waals surface area (Å²) in [7, 11) is 0. The van der Waals surface area contributed by atoms with Crippen LogP contribution < -0.4 is 10.1 Å². The Labute approximate surface area is 121 Å². The third-order valence-electron chi connectivity index (χ3n) is 5.95. The predicted molar refractivity (Wildman–Crippen MR) is 81.4 cm³/mol. The van der Waals surface area contributed by atoms with E-state index in [1.165, 1.54) is 44.2 Å². The molecule has 0 spiro atoms. The van der Waals surface area contributed by atoms with Gasteiger partial charge in [-0.05, 0) is 62.3 Å². The highest BCUT2D eigenvalue weighted by molar-refractivity contribution is 5.48. The minimum absolute atomic E-state index is 0.453. The van der Waals surface area contributed by atoms with Crippen LogP contribution in [0.3, 0.4) is 0 Å². The van der Waals surface area contributed by atoms with Crippen molar-refractivity contribution in [2.45, 2.75) is 56.9 Å². The topological polar surface area (TPSA) is 21.3 Å². The summed E-state index contributed by atoms with van der Waals surface area (Å²) in [5.41, 5.74) is 3.59. The molecule has 1 aromatic rings. The Bertz CT molecular complexity index is 508. The number of hydrogen-bond acceptors (Lipinski definition) is 2. The number of rotatable bonds is 2. The molecule has 1 N–H and O–H groups in total. The zero-order valence-electron chi connectivity index (χ0n) is 12.5. The molecule has 1 heterocycles. The standard InChI is InChI=1S/C18H25NO/c1-2-20-17-8-5-7-14-13(17)12-16-15-6-3-4-9-18(14,15)10-11-19-16/h5,7-8,15-16,19H,2-4,6,9-12H2,1H3/t15-,16+,18-/m0/s1. The molecule has 1 saturated heterocycles. The first-order valence-electron chi connectivity index (χ1n) is 8.34. The molecule has 2 heteroatoms. The largest absolute Gasteiger partial charge is 0.494 e. The molecule has 1 saturated carbocycles. The Morgan fingerprint density at radius 1 is 1.30 bits per heavy atom. The van der Waals surface area contributed by atoms with E-state index in [2.05, 4.69) is 30.4 Å². The lowest BCUT2D eigenvalue weighted by molar-refractivity contribution is 0.0786. The van der Waals surface area contributed by atoms with E-state index in [0.717, 1.165) is 24.7 Å². The van der Waals surface area contributed by atoms with Crippen LogP contribution in [0.4, 0.5) is 0 Å². The molecule has 2 nitrogen and oxygen atoms in total. The van der Waals surface area contributed by atoms with Gasteiger partial charge in [-0.2, -0.15) is 0 Å². The van der Waals surface area contributed by atoms with Crippen LogP contribution >= 0.6 is 0 Å². The van der Waals surface area contributed by atoms with E-state index >= 15 is 0 Å². The first kappa shape index (κ1) is 12.7. The summed E-state index contributed by atoms with van der Waals surface area (Å²) in [6.07, 6.45) is 8.11. The van der Waals surface area contributed by atoms with Crippen molar-refractivity contribution in [2.24, 2.45) is 5.92 Å². The Hall–Kier alpha value is -1.02. The van der Waals surface area contributed by atoms with Gasteiger partial charge in [0.15, 0.2) is 0 Å². The number of hydrogen-bond donors (Lipinski definition) is 1. The highest BCUT2D eigenvalue weighted by Crippen LogP contribution is 2.54. The van der Waals surface area contributed by atoms with E-state index in [0.29, 0.717) is 11.5 Å². The number of benzene rings is 1. The zero-order chi connectivity index (χ0) is 13.6. The normalized spacial score (nSPS) is 35.0. The fourth-order valence-corrected chi connectivity index (χ4v) is 5.22. The summed E-state index contributed by atoms with van der Waals surface area (Å²) in [4.78, 5) is 0. The molecule has 3 aliphatic rings. The molecule has 0 aromatic heterocycles. The van der Waals surface area contributed by atoms with Crippen LogP contribution in [0.2, 0.25) is 0 Å². The predicted octanol–water partition coefficient (Wildman–Crippen LogP) is 3.43. The molecule has 20 heavy (non-hydrogen) atoms. The quantitative estimate of drug-likeness (QED) is 0.890. The van der Waals surface area contributed by atoms with Crippen molar-refractivity contribution in [1.82, 2.24) is 5.32 Å². The lowest BCUT2D eigenvalue weighted by Gasteiger charge is -2.56. The number of fused-ring (bicyclic) bond motifs is 1. The molecule has 0 radical (unpaired) electrons. The first-order valence-corrected chi connectivity index (χ1v) is 8.34. The molecular weight excluding hydrogens is 246 g/mol. The Morgan fingerprint density at radius 2 is 2.25 bits per heavy atom. The molecular formula is C18H25NO. The van der Waals surface area contributed by atoms with Crippen LogP contribution in [0.15, 0.2) is 18.2 Å². The van der Waals surface area contributed by atoms with Crippen molar-refractivity contribution in [1.29, 1.82) is 0 Å². The van der Waals surface area contributed by atoms with E-state index in [1.807, 2.05) is 0 Å². The van der Waals surface area contributed by atoms with E-state index in [-0.39, 0.29) is 0 Å². The Morgan fingerprint density at radius 3 is 3.15 bits per heavy atom. The van der Waals surface area contributed by atoms with Crippen LogP contribution in [0, 0.1) is 5.92 Å². The second kappa shape index (κ2) is 4.77. The van der Waals surface area contributed by atoms with Gasteiger partial charge in [0.05, 0.1) is 6.61 Å². The van der Waals surface area contributed by atoms with Gasteiger partial charge in [-0.15, -0.1) is 0 Å². The van der Waals surface area contributed by atoms with Crippen molar-refractivity contribution in [2.75, 3.05) is 13.2 Å². The Balaban J connectivity index is 1.86. The van der Waals surface area contributed by atoms with Crippen LogP contribution in [0.25, 0.3) is 0 Å². The van der Waals surface area contributed by atoms with Gasteiger partial charge in [0, 0.05) is 11.5 Å². The van der Waals surface area contributed by atoms with Crippen molar-refractivity contribution in [3.63, 3.8) is 0 Å². The molecule has 4 rings (SSSR count). The van der Waals surface area contributed by atoms with Gasteiger partial charge in [0.1, 0.15) is 5.75 Å². The van der Waals surface area contributed by atoms with Crippen LogP contribution in [0.1, 0.15) is 50.2 Å². The summed E-state index contributed by atoms with van der Waals surface area (Å²) < 4.78 is 5.92. The fraction of sp³-hybridized carbons (Fsp3) is 0.667. The average Bonchev–Trinajstić information content (AvgIpc) is 2.48. The highest BCUT2D eigenvalue weighted by Gasteiger charge is 2.51. The number of ether oxygens (including phenoxy) is 1. The van der Waals surface area contributed by atoms with Crippen molar-refractivity contribution in [3.05, 3.63) is 29.3 Å². The Kier molecular flexibility index (Phi) is 3.03. The monoisotopic (exact) mass is 271 g/mol. The molecule has 0 unspecified atom stereocenters. The maximum Gasteiger partial charge on any atom is 0.122 e. The van der Waals surface area contributed by atoms with Gasteiger partial charge in [0.25, 0.3) is 0 Å². The fourth-order valence-electron chi connectivity index (χ4n) is 5.22. The first-order chi connectivity index (χ1) is 9.85. The summed E-state index contributed by atoms with van der Waals surface area (Å²) in [6, 6.07) is 7.46. The molecule has 2 fully saturated rings. The highest BCUT2D eigenvalue weighted by atomic mass is 16.5. The summed E-state index contributed by atoms with van der Waals surface area (Å²) >= 11 is 0. The van der Waals surface area contributed by atoms with Gasteiger partial charge >= 0.3 is 0 Å². The zero-order valence-corrected chi connectivity index (χ0v) is 12.5. The minimum Gasteiger partial charge on any atom is -0.494 e.